The standard InChI is InChI=1S/C28H10FN7S2/c29-19-1-3-20(4-2-19)36-23(27-9-7-25(37-27)21(15-34)17(11-30)12-31)5-6-24(36)28-10-8-26(38-28)22(16-35)18(13-32)14-33/h1-10H. The highest BCUT2D eigenvalue weighted by Gasteiger charge is 2.20. The predicted octanol–water partition coefficient (Wildman–Crippen LogP) is 6.72. The summed E-state index contributed by atoms with van der Waals surface area (Å²) in [5.41, 5.74) is 1.46. The van der Waals surface area contributed by atoms with Crippen LogP contribution in [0.5, 0.6) is 0 Å². The van der Waals surface area contributed by atoms with Crippen molar-refractivity contribution in [1.82, 2.24) is 4.57 Å². The molecule has 0 aliphatic carbocycles. The zero-order chi connectivity index (χ0) is 27.2. The van der Waals surface area contributed by atoms with Gasteiger partial charge in [0.1, 0.15) is 53.4 Å². The van der Waals surface area contributed by atoms with Gasteiger partial charge in [0.05, 0.1) is 32.3 Å². The van der Waals surface area contributed by atoms with Gasteiger partial charge in [-0.2, -0.15) is 31.6 Å². The molecule has 0 aliphatic rings. The van der Waals surface area contributed by atoms with Crippen molar-refractivity contribution in [2.24, 2.45) is 0 Å². The molecule has 0 N–H and O–H groups in total. The van der Waals surface area contributed by atoms with Gasteiger partial charge in [0, 0.05) is 15.4 Å². The number of nitrogens with zero attached hydrogens (tertiary/aromatic N) is 7. The Kier molecular flexibility index (Phi) is 7.26. The van der Waals surface area contributed by atoms with Crippen LogP contribution in [0.15, 0.2) is 71.8 Å². The van der Waals surface area contributed by atoms with Gasteiger partial charge in [-0.3, -0.25) is 0 Å². The zero-order valence-corrected chi connectivity index (χ0v) is 20.7. The molecule has 0 bridgehead atoms. The molecule has 0 atom stereocenters. The minimum absolute atomic E-state index is 0.0177. The van der Waals surface area contributed by atoms with Gasteiger partial charge in [-0.1, -0.05) is 0 Å². The predicted molar refractivity (Wildman–Crippen MR) is 140 cm³/mol. The molecule has 38 heavy (non-hydrogen) atoms. The number of halogens is 1. The largest absolute Gasteiger partial charge is 0.308 e. The lowest BCUT2D eigenvalue weighted by Gasteiger charge is -2.12. The molecule has 0 radical (unpaired) electrons. The number of aromatic nitrogens is 1. The van der Waals surface area contributed by atoms with Gasteiger partial charge in [0.2, 0.25) is 0 Å². The van der Waals surface area contributed by atoms with E-state index in [0.29, 0.717) is 26.8 Å². The van der Waals surface area contributed by atoms with Crippen molar-refractivity contribution in [2.75, 3.05) is 0 Å². The number of hydrogen-bond acceptors (Lipinski definition) is 8. The summed E-state index contributed by atoms with van der Waals surface area (Å²) in [6, 6.07) is 27.3. The first-order valence-electron chi connectivity index (χ1n) is 10.6. The van der Waals surface area contributed by atoms with Crippen molar-refractivity contribution in [1.29, 1.82) is 31.6 Å². The van der Waals surface area contributed by atoms with Gasteiger partial charge < -0.3 is 4.57 Å². The number of thiophene rings is 2. The smallest absolute Gasteiger partial charge is 0.148 e. The fourth-order valence-corrected chi connectivity index (χ4v) is 5.70. The van der Waals surface area contributed by atoms with E-state index in [1.54, 1.807) is 60.7 Å². The monoisotopic (exact) mass is 527 g/mol. The maximum absolute atomic E-state index is 13.7. The van der Waals surface area contributed by atoms with Crippen molar-refractivity contribution >= 4 is 33.8 Å². The Morgan fingerprint density at radius 3 is 1.34 bits per heavy atom. The molecule has 3 aromatic heterocycles. The first-order chi connectivity index (χ1) is 18.5. The third-order valence-corrected chi connectivity index (χ3v) is 7.60. The molecule has 176 valence electrons. The third-order valence-electron chi connectivity index (χ3n) is 5.35. The van der Waals surface area contributed by atoms with Crippen LogP contribution in [0, 0.1) is 73.8 Å². The fourth-order valence-electron chi connectivity index (χ4n) is 3.65. The van der Waals surface area contributed by atoms with E-state index in [4.69, 9.17) is 0 Å². The third kappa shape index (κ3) is 4.57. The van der Waals surface area contributed by atoms with Crippen molar-refractivity contribution in [3.63, 3.8) is 0 Å². The number of rotatable bonds is 5. The highest BCUT2D eigenvalue weighted by Crippen LogP contribution is 2.40. The summed E-state index contributed by atoms with van der Waals surface area (Å²) in [5, 5.41) is 55.9. The van der Waals surface area contributed by atoms with Gasteiger partial charge in [-0.15, -0.1) is 22.7 Å². The van der Waals surface area contributed by atoms with Crippen molar-refractivity contribution in [2.45, 2.75) is 0 Å². The first-order valence-corrected chi connectivity index (χ1v) is 12.2. The Morgan fingerprint density at radius 1 is 0.553 bits per heavy atom. The van der Waals surface area contributed by atoms with E-state index in [1.807, 2.05) is 28.8 Å². The molecule has 3 heterocycles. The lowest BCUT2D eigenvalue weighted by molar-refractivity contribution is 0.627. The lowest BCUT2D eigenvalue weighted by Crippen LogP contribution is -1.98. The molecule has 4 aromatic rings. The number of allylic oxidation sites excluding steroid dienone is 4. The lowest BCUT2D eigenvalue weighted by atomic mass is 10.1. The van der Waals surface area contributed by atoms with Crippen LogP contribution >= 0.6 is 22.7 Å². The molecular weight excluding hydrogens is 517 g/mol. The first kappa shape index (κ1) is 25.3. The van der Waals surface area contributed by atoms with Crippen molar-refractivity contribution < 1.29 is 4.39 Å². The van der Waals surface area contributed by atoms with E-state index < -0.39 is 5.82 Å². The Morgan fingerprint density at radius 2 is 0.974 bits per heavy atom. The average molecular weight is 528 g/mol. The second-order valence-corrected chi connectivity index (χ2v) is 9.58. The maximum Gasteiger partial charge on any atom is 0.148 e. The number of hydrogen-bond donors (Lipinski definition) is 0. The molecule has 0 saturated carbocycles. The summed E-state index contributed by atoms with van der Waals surface area (Å²) in [4.78, 5) is 2.36. The van der Waals surface area contributed by atoms with Crippen LogP contribution in [-0.2, 0) is 0 Å². The Balaban J connectivity index is 1.91. The SMILES string of the molecule is N#CC(C#N)=C(C#N)c1ccc(-c2ccc(-c3ccc(C(C#N)=C(C#N)C#N)s3)n2-c2ccc(F)cc2)s1. The van der Waals surface area contributed by atoms with Gasteiger partial charge in [-0.05, 0) is 60.7 Å². The van der Waals surface area contributed by atoms with Gasteiger partial charge >= 0.3 is 0 Å². The van der Waals surface area contributed by atoms with Crippen LogP contribution in [0.2, 0.25) is 0 Å². The maximum atomic E-state index is 13.7. The molecule has 0 spiro atoms. The summed E-state index contributed by atoms with van der Waals surface area (Å²) in [6.45, 7) is 0. The summed E-state index contributed by atoms with van der Waals surface area (Å²) in [5.74, 6) is -0.408. The van der Waals surface area contributed by atoms with Crippen LogP contribution in [-0.4, -0.2) is 4.57 Å². The number of benzene rings is 1. The van der Waals surface area contributed by atoms with Crippen molar-refractivity contribution in [3.05, 3.63) is 87.4 Å². The van der Waals surface area contributed by atoms with Crippen molar-refractivity contribution in [3.8, 4) is 63.2 Å². The van der Waals surface area contributed by atoms with Gasteiger partial charge in [0.25, 0.3) is 0 Å². The molecule has 0 unspecified atom stereocenters. The van der Waals surface area contributed by atoms with E-state index in [2.05, 4.69) is 0 Å². The Hall–Kier alpha value is -5.75. The normalized spacial score (nSPS) is 9.55. The number of nitriles is 6. The summed E-state index contributed by atoms with van der Waals surface area (Å²) < 4.78 is 15.6. The van der Waals surface area contributed by atoms with Crippen LogP contribution < -0.4 is 0 Å². The molecule has 0 saturated heterocycles. The van der Waals surface area contributed by atoms with E-state index >= 15 is 0 Å². The topological polar surface area (TPSA) is 148 Å². The summed E-state index contributed by atoms with van der Waals surface area (Å²) in [7, 11) is 0. The molecule has 1 aromatic carbocycles. The molecular formula is C28H10FN7S2. The highest BCUT2D eigenvalue weighted by molar-refractivity contribution is 7.17. The zero-order valence-electron chi connectivity index (χ0n) is 19.1. The van der Waals surface area contributed by atoms with E-state index in [-0.39, 0.29) is 22.3 Å². The van der Waals surface area contributed by atoms with Crippen LogP contribution in [0.3, 0.4) is 0 Å². The average Bonchev–Trinajstić information content (AvgIpc) is 3.70. The van der Waals surface area contributed by atoms with E-state index in [9.17, 15) is 36.0 Å². The van der Waals surface area contributed by atoms with Crippen LogP contribution in [0.25, 0.3) is 38.0 Å². The minimum Gasteiger partial charge on any atom is -0.308 e. The second kappa shape index (κ2) is 10.9. The Bertz CT molecular complexity index is 1740. The van der Waals surface area contributed by atoms with Gasteiger partial charge in [0.15, 0.2) is 0 Å². The molecule has 10 heteroatoms. The molecule has 0 fully saturated rings. The van der Waals surface area contributed by atoms with E-state index in [0.717, 1.165) is 9.75 Å². The molecule has 4 rings (SSSR count). The molecule has 0 amide bonds. The highest BCUT2D eigenvalue weighted by atomic mass is 32.1. The van der Waals surface area contributed by atoms with Gasteiger partial charge in [-0.25, -0.2) is 4.39 Å². The second-order valence-electron chi connectivity index (χ2n) is 7.41. The fraction of sp³-hybridized carbons (Fsp3) is 0. The van der Waals surface area contributed by atoms with E-state index in [1.165, 1.54) is 34.8 Å². The Labute approximate surface area is 224 Å². The molecule has 7 nitrogen and oxygen atoms in total. The minimum atomic E-state index is -0.408. The quantitative estimate of drug-likeness (QED) is 0.263. The van der Waals surface area contributed by atoms with Crippen LogP contribution in [0.1, 0.15) is 9.75 Å². The summed E-state index contributed by atoms with van der Waals surface area (Å²) in [6.07, 6.45) is 0. The summed E-state index contributed by atoms with van der Waals surface area (Å²) >= 11 is 2.45. The molecule has 0 aliphatic heterocycles. The van der Waals surface area contributed by atoms with Crippen LogP contribution in [0.4, 0.5) is 4.39 Å².